The Labute approximate surface area is 75.2 Å². The van der Waals surface area contributed by atoms with Crippen LogP contribution in [0.25, 0.3) is 0 Å². The van der Waals surface area contributed by atoms with Gasteiger partial charge in [0.25, 0.3) is 0 Å². The molecule has 0 aromatic rings. The van der Waals surface area contributed by atoms with Crippen molar-refractivity contribution in [3.05, 3.63) is 6.92 Å². The van der Waals surface area contributed by atoms with E-state index < -0.39 is 0 Å². The van der Waals surface area contributed by atoms with Crippen molar-refractivity contribution in [2.75, 3.05) is 6.61 Å². The summed E-state index contributed by atoms with van der Waals surface area (Å²) in [5.41, 5.74) is 0. The van der Waals surface area contributed by atoms with Gasteiger partial charge >= 0.3 is 51.4 Å². The molecule has 0 bridgehead atoms. The second kappa shape index (κ2) is 9.14. The number of aliphatic hydroxyl groups excluding tert-OH is 1. The second-order valence-corrected chi connectivity index (χ2v) is 0.577. The Morgan fingerprint density at radius 2 is 1.80 bits per heavy atom. The van der Waals surface area contributed by atoms with Crippen molar-refractivity contribution >= 4 is 51.4 Å². The Bertz CT molecular complexity index is 8.85. The topological polar surface area (TPSA) is 20.2 Å². The van der Waals surface area contributed by atoms with Gasteiger partial charge in [0.15, 0.2) is 0 Å². The van der Waals surface area contributed by atoms with Crippen molar-refractivity contribution in [2.45, 2.75) is 6.42 Å². The number of rotatable bonds is 1. The summed E-state index contributed by atoms with van der Waals surface area (Å²) >= 11 is 0. The first-order chi connectivity index (χ1) is 1.91. The van der Waals surface area contributed by atoms with E-state index in [9.17, 15) is 0 Å². The van der Waals surface area contributed by atoms with Crippen molar-refractivity contribution in [1.82, 2.24) is 0 Å². The first kappa shape index (κ1) is 9.78. The van der Waals surface area contributed by atoms with Gasteiger partial charge in [0.05, 0.1) is 0 Å². The average Bonchev–Trinajstić information content (AvgIpc) is 1.37. The van der Waals surface area contributed by atoms with Crippen molar-refractivity contribution in [1.29, 1.82) is 0 Å². The van der Waals surface area contributed by atoms with Crippen LogP contribution in [0.4, 0.5) is 0 Å². The van der Waals surface area contributed by atoms with Crippen LogP contribution in [0.2, 0.25) is 0 Å². The van der Waals surface area contributed by atoms with Crippen LogP contribution in [0, 0.1) is 6.92 Å². The molecular weight excluding hydrogens is 91.1 g/mol. The van der Waals surface area contributed by atoms with Gasteiger partial charge in [-0.1, -0.05) is 6.92 Å². The summed E-state index contributed by atoms with van der Waals surface area (Å²) in [6.07, 6.45) is 0.625. The maximum atomic E-state index is 7.81. The molecule has 0 fully saturated rings. The molecule has 0 rings (SSSR count). The fraction of sp³-hybridized carbons (Fsp3) is 0.667. The van der Waals surface area contributed by atoms with Gasteiger partial charge < -0.3 is 5.11 Å². The zero-order valence-corrected chi connectivity index (χ0v) is 2.57. The van der Waals surface area contributed by atoms with Crippen LogP contribution in [0.5, 0.6) is 0 Å². The van der Waals surface area contributed by atoms with Gasteiger partial charge in [0, 0.05) is 6.61 Å². The molecule has 2 heteroatoms. The van der Waals surface area contributed by atoms with Crippen LogP contribution in [-0.4, -0.2) is 63.1 Å². The monoisotopic (exact) mass is 99.0 g/mol. The molecule has 0 saturated heterocycles. The van der Waals surface area contributed by atoms with E-state index in [0.29, 0.717) is 6.42 Å². The van der Waals surface area contributed by atoms with Gasteiger partial charge in [-0.15, -0.1) is 0 Å². The maximum absolute atomic E-state index is 7.81. The van der Waals surface area contributed by atoms with Gasteiger partial charge in [-0.25, -0.2) is 0 Å². The van der Waals surface area contributed by atoms with E-state index >= 15 is 0 Å². The van der Waals surface area contributed by atoms with Gasteiger partial charge in [-0.3, -0.25) is 0 Å². The van der Waals surface area contributed by atoms with Gasteiger partial charge in [0.2, 0.25) is 0 Å². The van der Waals surface area contributed by atoms with Crippen LogP contribution in [0.15, 0.2) is 0 Å². The predicted molar refractivity (Wildman–Crippen MR) is 24.2 cm³/mol. The molecule has 0 heterocycles. The SMILES string of the molecule is [CH2]CCO.[KH]. The van der Waals surface area contributed by atoms with Crippen LogP contribution in [0.1, 0.15) is 6.42 Å². The molecule has 1 N–H and O–H groups in total. The summed E-state index contributed by atoms with van der Waals surface area (Å²) in [5.74, 6) is 0. The normalized spacial score (nSPS) is 6.00. The molecule has 0 aliphatic rings. The quantitative estimate of drug-likeness (QED) is 0.442. The third-order valence-corrected chi connectivity index (χ3v) is 0.158. The van der Waals surface area contributed by atoms with Crippen LogP contribution in [-0.2, 0) is 0 Å². The Kier molecular flexibility index (Phi) is 17.9. The van der Waals surface area contributed by atoms with E-state index in [0.717, 1.165) is 0 Å². The van der Waals surface area contributed by atoms with E-state index in [2.05, 4.69) is 6.92 Å². The van der Waals surface area contributed by atoms with Crippen LogP contribution >= 0.6 is 0 Å². The van der Waals surface area contributed by atoms with Crippen LogP contribution in [0.3, 0.4) is 0 Å². The molecule has 1 radical (unpaired) electrons. The van der Waals surface area contributed by atoms with E-state index in [1.54, 1.807) is 0 Å². The Hall–Kier alpha value is 1.60. The first-order valence-electron chi connectivity index (χ1n) is 1.32. The van der Waals surface area contributed by atoms with Gasteiger partial charge in [-0.05, 0) is 6.42 Å². The fourth-order valence-corrected chi connectivity index (χ4v) is 0. The summed E-state index contributed by atoms with van der Waals surface area (Å²) in [6, 6.07) is 0. The Morgan fingerprint density at radius 1 is 1.60 bits per heavy atom. The number of hydrogen-bond acceptors (Lipinski definition) is 1. The van der Waals surface area contributed by atoms with Crippen molar-refractivity contribution in [3.63, 3.8) is 0 Å². The van der Waals surface area contributed by atoms with Crippen molar-refractivity contribution < 1.29 is 5.11 Å². The molecule has 27 valence electrons. The Morgan fingerprint density at radius 3 is 1.80 bits per heavy atom. The molecule has 0 unspecified atom stereocenters. The van der Waals surface area contributed by atoms with E-state index in [1.165, 1.54) is 0 Å². The third kappa shape index (κ3) is 10.7. The number of aliphatic hydroxyl groups is 1. The minimum atomic E-state index is 0. The molecular formula is C3H8KO. The fourth-order valence-electron chi connectivity index (χ4n) is 0. The molecule has 0 saturated carbocycles. The van der Waals surface area contributed by atoms with E-state index in [4.69, 9.17) is 5.11 Å². The first-order valence-corrected chi connectivity index (χ1v) is 1.32. The van der Waals surface area contributed by atoms with Crippen molar-refractivity contribution in [2.24, 2.45) is 0 Å². The Balaban J connectivity index is 0. The molecule has 1 nitrogen and oxygen atoms in total. The zero-order valence-electron chi connectivity index (χ0n) is 2.57. The molecule has 5 heavy (non-hydrogen) atoms. The predicted octanol–water partition coefficient (Wildman–Crippen LogP) is -0.446. The molecule has 0 spiro atoms. The molecule has 0 aliphatic heterocycles. The minimum absolute atomic E-state index is 0. The molecule has 0 aromatic carbocycles. The number of hydrogen-bond donors (Lipinski definition) is 1. The summed E-state index contributed by atoms with van der Waals surface area (Å²) < 4.78 is 0. The summed E-state index contributed by atoms with van der Waals surface area (Å²) in [5, 5.41) is 7.81. The molecule has 0 amide bonds. The molecule has 0 atom stereocenters. The third-order valence-electron chi connectivity index (χ3n) is 0.158. The summed E-state index contributed by atoms with van der Waals surface area (Å²) in [4.78, 5) is 0. The van der Waals surface area contributed by atoms with Crippen molar-refractivity contribution in [3.8, 4) is 0 Å². The van der Waals surface area contributed by atoms with Gasteiger partial charge in [-0.2, -0.15) is 0 Å². The van der Waals surface area contributed by atoms with Gasteiger partial charge in [0.1, 0.15) is 0 Å². The zero-order chi connectivity index (χ0) is 3.41. The molecule has 0 aliphatic carbocycles. The standard InChI is InChI=1S/C3H7O.K.H/c1-2-3-4;;/h4H,1-3H2;;. The summed E-state index contributed by atoms with van der Waals surface area (Å²) in [6.45, 7) is 3.56. The van der Waals surface area contributed by atoms with Crippen LogP contribution < -0.4 is 0 Å². The molecule has 0 aromatic heterocycles. The van der Waals surface area contributed by atoms with E-state index in [-0.39, 0.29) is 58.0 Å². The average molecular weight is 99.2 g/mol. The second-order valence-electron chi connectivity index (χ2n) is 0.577. The summed E-state index contributed by atoms with van der Waals surface area (Å²) in [7, 11) is 0. The van der Waals surface area contributed by atoms with E-state index in [1.807, 2.05) is 0 Å².